The van der Waals surface area contributed by atoms with Crippen molar-refractivity contribution < 1.29 is 27.3 Å². The van der Waals surface area contributed by atoms with Crippen LogP contribution in [0.15, 0.2) is 47.4 Å². The van der Waals surface area contributed by atoms with Gasteiger partial charge in [0, 0.05) is 0 Å². The monoisotopic (exact) mass is 418 g/mol. The summed E-state index contributed by atoms with van der Waals surface area (Å²) >= 11 is 0. The normalized spacial score (nSPS) is 18.3. The number of carbonyl (C=O) groups is 2. The molecule has 0 spiro atoms. The number of piperazine rings is 1. The lowest BCUT2D eigenvalue weighted by molar-refractivity contribution is -0.902. The molecule has 2 aromatic rings. The van der Waals surface area contributed by atoms with E-state index in [1.165, 1.54) is 27.4 Å². The highest BCUT2D eigenvalue weighted by molar-refractivity contribution is 7.89. The second-order valence-electron chi connectivity index (χ2n) is 7.33. The molecule has 2 aromatic carbocycles. The summed E-state index contributed by atoms with van der Waals surface area (Å²) < 4.78 is 40.7. The van der Waals surface area contributed by atoms with Crippen molar-refractivity contribution in [3.05, 3.63) is 59.4 Å². The molecular formula is C20H21FN3O4S+. The molecule has 7 nitrogen and oxygen atoms in total. The van der Waals surface area contributed by atoms with Crippen molar-refractivity contribution >= 4 is 27.4 Å². The molecular weight excluding hydrogens is 397 g/mol. The predicted octanol–water partition coefficient (Wildman–Crippen LogP) is 0.210. The largest absolute Gasteiger partial charge is 0.315 e. The smallest absolute Gasteiger partial charge is 0.303 e. The summed E-state index contributed by atoms with van der Waals surface area (Å²) in [6.45, 7) is 3.47. The minimum atomic E-state index is -3.91. The van der Waals surface area contributed by atoms with Crippen molar-refractivity contribution in [2.75, 3.05) is 37.7 Å². The van der Waals surface area contributed by atoms with Crippen LogP contribution in [0.1, 0.15) is 15.9 Å². The number of sulfonamides is 1. The number of ketones is 1. The average molecular weight is 418 g/mol. The molecule has 1 fully saturated rings. The highest BCUT2D eigenvalue weighted by Crippen LogP contribution is 2.28. The first kappa shape index (κ1) is 19.7. The molecule has 4 rings (SSSR count). The van der Waals surface area contributed by atoms with Crippen molar-refractivity contribution in [3.8, 4) is 0 Å². The number of nitrogens with zero attached hydrogens (tertiary/aromatic N) is 2. The molecule has 0 bridgehead atoms. The summed E-state index contributed by atoms with van der Waals surface area (Å²) in [5.74, 6) is -1.83. The van der Waals surface area contributed by atoms with Gasteiger partial charge in [-0.05, 0) is 31.2 Å². The molecule has 1 amide bonds. The standard InChI is InChI=1S/C20H20FN3O4S/c1-14-6-7-17-15(12-14)19(25)20(26)24(17)13-22-8-10-23(11-9-22)29(27,28)18-5-3-2-4-16(18)21/h2-7,12H,8-11,13H2,1H3/p+1. The molecule has 2 aliphatic rings. The van der Waals surface area contributed by atoms with Gasteiger partial charge in [-0.15, -0.1) is 0 Å². The number of hydrogen-bond donors (Lipinski definition) is 1. The maximum absolute atomic E-state index is 13.9. The van der Waals surface area contributed by atoms with E-state index < -0.39 is 27.5 Å². The first-order valence-electron chi connectivity index (χ1n) is 9.34. The Kier molecular flexibility index (Phi) is 4.97. The van der Waals surface area contributed by atoms with Gasteiger partial charge in [0.15, 0.2) is 6.67 Å². The predicted molar refractivity (Wildman–Crippen MR) is 104 cm³/mol. The van der Waals surface area contributed by atoms with Crippen LogP contribution in [0.2, 0.25) is 0 Å². The molecule has 2 heterocycles. The Morgan fingerprint density at radius 2 is 1.76 bits per heavy atom. The summed E-state index contributed by atoms with van der Waals surface area (Å²) in [5.41, 5.74) is 1.92. The zero-order chi connectivity index (χ0) is 20.8. The van der Waals surface area contributed by atoms with Gasteiger partial charge in [-0.1, -0.05) is 23.8 Å². The van der Waals surface area contributed by atoms with E-state index in [4.69, 9.17) is 0 Å². The second-order valence-corrected chi connectivity index (χ2v) is 9.23. The number of amides is 1. The fraction of sp³-hybridized carbons (Fsp3) is 0.300. The number of aryl methyl sites for hydroxylation is 1. The second kappa shape index (κ2) is 7.33. The molecule has 0 aromatic heterocycles. The number of hydrogen-bond acceptors (Lipinski definition) is 4. The van der Waals surface area contributed by atoms with Gasteiger partial charge in [0.2, 0.25) is 10.0 Å². The van der Waals surface area contributed by atoms with Crippen molar-refractivity contribution in [1.29, 1.82) is 0 Å². The molecule has 1 N–H and O–H groups in total. The third-order valence-electron chi connectivity index (χ3n) is 5.39. The number of fused-ring (bicyclic) bond motifs is 1. The number of benzene rings is 2. The zero-order valence-corrected chi connectivity index (χ0v) is 16.7. The molecule has 29 heavy (non-hydrogen) atoms. The van der Waals surface area contributed by atoms with Crippen LogP contribution in [0.5, 0.6) is 0 Å². The van der Waals surface area contributed by atoms with Gasteiger partial charge in [0.05, 0.1) is 37.4 Å². The van der Waals surface area contributed by atoms with Crippen LogP contribution in [-0.4, -0.2) is 57.3 Å². The van der Waals surface area contributed by atoms with Crippen molar-refractivity contribution in [2.24, 2.45) is 0 Å². The van der Waals surface area contributed by atoms with E-state index in [-0.39, 0.29) is 24.7 Å². The van der Waals surface area contributed by atoms with E-state index in [0.29, 0.717) is 24.3 Å². The van der Waals surface area contributed by atoms with Crippen LogP contribution in [0.25, 0.3) is 0 Å². The van der Waals surface area contributed by atoms with Crippen molar-refractivity contribution in [3.63, 3.8) is 0 Å². The van der Waals surface area contributed by atoms with Crippen molar-refractivity contribution in [1.82, 2.24) is 4.31 Å². The first-order chi connectivity index (χ1) is 13.8. The van der Waals surface area contributed by atoms with Gasteiger partial charge in [-0.3, -0.25) is 14.5 Å². The summed E-state index contributed by atoms with van der Waals surface area (Å²) in [5, 5.41) is 0. The Hall–Kier alpha value is -2.62. The number of halogens is 1. The molecule has 1 saturated heterocycles. The van der Waals surface area contributed by atoms with Crippen molar-refractivity contribution in [2.45, 2.75) is 11.8 Å². The highest BCUT2D eigenvalue weighted by atomic mass is 32.2. The molecule has 0 saturated carbocycles. The molecule has 2 aliphatic heterocycles. The summed E-state index contributed by atoms with van der Waals surface area (Å²) in [6, 6.07) is 10.7. The first-order valence-corrected chi connectivity index (χ1v) is 10.8. The van der Waals surface area contributed by atoms with Gasteiger partial charge in [0.1, 0.15) is 10.7 Å². The summed E-state index contributed by atoms with van der Waals surface area (Å²) in [7, 11) is -3.91. The maximum atomic E-state index is 13.9. The van der Waals surface area contributed by atoms with E-state index in [9.17, 15) is 22.4 Å². The number of rotatable bonds is 4. The van der Waals surface area contributed by atoms with E-state index in [0.717, 1.165) is 16.5 Å². The molecule has 0 aliphatic carbocycles. The minimum absolute atomic E-state index is 0.211. The van der Waals surface area contributed by atoms with E-state index >= 15 is 0 Å². The van der Waals surface area contributed by atoms with E-state index in [1.807, 2.05) is 13.0 Å². The maximum Gasteiger partial charge on any atom is 0.303 e. The van der Waals surface area contributed by atoms with E-state index in [2.05, 4.69) is 0 Å². The van der Waals surface area contributed by atoms with Gasteiger partial charge in [-0.2, -0.15) is 4.31 Å². The van der Waals surface area contributed by atoms with Crippen LogP contribution in [-0.2, 0) is 14.8 Å². The number of nitrogens with one attached hydrogen (secondary N) is 1. The Labute approximate surface area is 168 Å². The summed E-state index contributed by atoms with van der Waals surface area (Å²) in [4.78, 5) is 26.8. The zero-order valence-electron chi connectivity index (χ0n) is 15.9. The van der Waals surface area contributed by atoms with Gasteiger partial charge < -0.3 is 4.90 Å². The lowest BCUT2D eigenvalue weighted by atomic mass is 10.1. The lowest BCUT2D eigenvalue weighted by Crippen LogP contribution is -3.16. The van der Waals surface area contributed by atoms with Crippen LogP contribution in [0.3, 0.4) is 0 Å². The lowest BCUT2D eigenvalue weighted by Gasteiger charge is -2.33. The molecule has 152 valence electrons. The summed E-state index contributed by atoms with van der Waals surface area (Å²) in [6.07, 6.45) is 0. The minimum Gasteiger partial charge on any atom is -0.315 e. The molecule has 9 heteroatoms. The average Bonchev–Trinajstić information content (AvgIpc) is 2.93. The fourth-order valence-corrected chi connectivity index (χ4v) is 5.30. The highest BCUT2D eigenvalue weighted by Gasteiger charge is 2.39. The Morgan fingerprint density at radius 1 is 1.07 bits per heavy atom. The Morgan fingerprint density at radius 3 is 2.45 bits per heavy atom. The fourth-order valence-electron chi connectivity index (χ4n) is 3.79. The Balaban J connectivity index is 1.46. The number of anilines is 1. The van der Waals surface area contributed by atoms with Crippen LogP contribution in [0.4, 0.5) is 10.1 Å². The topological polar surface area (TPSA) is 79.2 Å². The Bertz CT molecular complexity index is 1090. The van der Waals surface area contributed by atoms with Gasteiger partial charge >= 0.3 is 5.91 Å². The van der Waals surface area contributed by atoms with Crippen LogP contribution < -0.4 is 9.80 Å². The number of carbonyl (C=O) groups excluding carboxylic acids is 2. The SMILES string of the molecule is Cc1ccc2c(c1)C(=O)C(=O)N2C[NH+]1CCN(S(=O)(=O)c2ccccc2F)CC1. The van der Waals surface area contributed by atoms with Gasteiger partial charge in [0.25, 0.3) is 5.78 Å². The van der Waals surface area contributed by atoms with Crippen LogP contribution in [0, 0.1) is 12.7 Å². The molecule has 0 radical (unpaired) electrons. The van der Waals surface area contributed by atoms with E-state index in [1.54, 1.807) is 12.1 Å². The quantitative estimate of drug-likeness (QED) is 0.720. The molecule has 0 atom stereocenters. The molecule has 0 unspecified atom stereocenters. The third-order valence-corrected chi connectivity index (χ3v) is 7.32. The third kappa shape index (κ3) is 3.45. The number of quaternary nitrogens is 1. The number of Topliss-reactive ketones (excluding diaryl/α,β-unsaturated/α-hetero) is 1. The van der Waals surface area contributed by atoms with Gasteiger partial charge in [-0.25, -0.2) is 12.8 Å². The van der Waals surface area contributed by atoms with Crippen LogP contribution >= 0.6 is 0 Å².